The van der Waals surface area contributed by atoms with Gasteiger partial charge in [0.2, 0.25) is 0 Å². The third kappa shape index (κ3) is 5.11. The molecule has 0 aliphatic carbocycles. The van der Waals surface area contributed by atoms with E-state index in [1.54, 1.807) is 0 Å². The van der Waals surface area contributed by atoms with Gasteiger partial charge in [-0.3, -0.25) is 4.79 Å². The lowest BCUT2D eigenvalue weighted by atomic mass is 9.90. The number of carbonyl (C=O) groups is 1. The predicted molar refractivity (Wildman–Crippen MR) is 66.5 cm³/mol. The molecule has 1 rings (SSSR count). The Hall–Kier alpha value is -0.370. The minimum Gasteiger partial charge on any atom is -0.381 e. The lowest BCUT2D eigenvalue weighted by Crippen LogP contribution is -2.13. The molecule has 1 aliphatic heterocycles. The van der Waals surface area contributed by atoms with Gasteiger partial charge in [-0.2, -0.15) is 0 Å². The topological polar surface area (TPSA) is 26.3 Å². The second-order valence-corrected chi connectivity index (χ2v) is 5.09. The number of Topliss-reactive ketones (excluding diaryl/α,β-unsaturated/α-hetero) is 1. The number of ether oxygens (including phenoxy) is 1. The van der Waals surface area contributed by atoms with Crippen LogP contribution in [0.5, 0.6) is 0 Å². The number of carbonyl (C=O) groups excluding carboxylic acids is 1. The number of rotatable bonds is 8. The average Bonchev–Trinajstić information content (AvgIpc) is 2.76. The van der Waals surface area contributed by atoms with E-state index in [-0.39, 0.29) is 0 Å². The van der Waals surface area contributed by atoms with Crippen molar-refractivity contribution in [1.82, 2.24) is 0 Å². The quantitative estimate of drug-likeness (QED) is 0.632. The highest BCUT2D eigenvalue weighted by Crippen LogP contribution is 2.22. The van der Waals surface area contributed by atoms with Crippen LogP contribution < -0.4 is 0 Å². The summed E-state index contributed by atoms with van der Waals surface area (Å²) >= 11 is 0. The zero-order valence-corrected chi connectivity index (χ0v) is 10.8. The molecule has 2 unspecified atom stereocenters. The number of unbranched alkanes of at least 4 members (excludes halogenated alkanes) is 1. The normalized spacial score (nSPS) is 22.2. The molecule has 0 aromatic carbocycles. The van der Waals surface area contributed by atoms with Gasteiger partial charge in [0.15, 0.2) is 0 Å². The van der Waals surface area contributed by atoms with Gasteiger partial charge < -0.3 is 4.74 Å². The average molecular weight is 226 g/mol. The third-order valence-electron chi connectivity index (χ3n) is 3.60. The second kappa shape index (κ2) is 7.83. The first kappa shape index (κ1) is 13.7. The summed E-state index contributed by atoms with van der Waals surface area (Å²) in [5, 5.41) is 0. The molecule has 0 spiro atoms. The first-order chi connectivity index (χ1) is 7.76. The van der Waals surface area contributed by atoms with Crippen molar-refractivity contribution in [1.29, 1.82) is 0 Å². The maximum absolute atomic E-state index is 11.9. The summed E-state index contributed by atoms with van der Waals surface area (Å²) in [6.07, 6.45) is 7.50. The highest BCUT2D eigenvalue weighted by Gasteiger charge is 2.20. The number of hydrogen-bond acceptors (Lipinski definition) is 2. The van der Waals surface area contributed by atoms with Crippen molar-refractivity contribution in [3.8, 4) is 0 Å². The van der Waals surface area contributed by atoms with E-state index in [2.05, 4.69) is 13.8 Å². The van der Waals surface area contributed by atoms with Crippen LogP contribution in [0.15, 0.2) is 0 Å². The van der Waals surface area contributed by atoms with Crippen LogP contribution in [0.4, 0.5) is 0 Å². The summed E-state index contributed by atoms with van der Waals surface area (Å²) < 4.78 is 5.30. The van der Waals surface area contributed by atoms with Gasteiger partial charge in [0.05, 0.1) is 0 Å². The Labute approximate surface area is 99.8 Å². The van der Waals surface area contributed by atoms with E-state index >= 15 is 0 Å². The van der Waals surface area contributed by atoms with Gasteiger partial charge >= 0.3 is 0 Å². The SMILES string of the molecule is CCCCC(CC)CC(=O)CC1CCOC1. The van der Waals surface area contributed by atoms with Crippen LogP contribution >= 0.6 is 0 Å². The van der Waals surface area contributed by atoms with Crippen LogP contribution in [0, 0.1) is 11.8 Å². The summed E-state index contributed by atoms with van der Waals surface area (Å²) in [6, 6.07) is 0. The molecule has 1 saturated heterocycles. The lowest BCUT2D eigenvalue weighted by Gasteiger charge is -2.14. The molecule has 1 fully saturated rings. The van der Waals surface area contributed by atoms with Crippen LogP contribution in [0.1, 0.15) is 58.8 Å². The van der Waals surface area contributed by atoms with E-state index < -0.39 is 0 Å². The Morgan fingerprint density at radius 3 is 2.81 bits per heavy atom. The standard InChI is InChI=1S/C14H26O2/c1-3-5-6-12(4-2)9-14(15)10-13-7-8-16-11-13/h12-13H,3-11H2,1-2H3. The molecule has 1 heterocycles. The molecule has 0 aromatic rings. The van der Waals surface area contributed by atoms with E-state index in [1.165, 1.54) is 19.3 Å². The van der Waals surface area contributed by atoms with Gasteiger partial charge in [-0.1, -0.05) is 39.5 Å². The largest absolute Gasteiger partial charge is 0.381 e. The van der Waals surface area contributed by atoms with Crippen molar-refractivity contribution in [2.45, 2.75) is 58.8 Å². The van der Waals surface area contributed by atoms with Gasteiger partial charge in [0.1, 0.15) is 5.78 Å². The zero-order valence-electron chi connectivity index (χ0n) is 10.8. The van der Waals surface area contributed by atoms with Crippen LogP contribution in [0.3, 0.4) is 0 Å². The molecule has 2 nitrogen and oxygen atoms in total. The third-order valence-corrected chi connectivity index (χ3v) is 3.60. The Morgan fingerprint density at radius 2 is 2.25 bits per heavy atom. The fourth-order valence-corrected chi connectivity index (χ4v) is 2.41. The van der Waals surface area contributed by atoms with E-state index in [0.29, 0.717) is 17.6 Å². The molecule has 0 radical (unpaired) electrons. The molecule has 16 heavy (non-hydrogen) atoms. The second-order valence-electron chi connectivity index (χ2n) is 5.09. The summed E-state index contributed by atoms with van der Waals surface area (Å²) in [5.41, 5.74) is 0. The maximum atomic E-state index is 11.9. The first-order valence-corrected chi connectivity index (χ1v) is 6.85. The molecular formula is C14H26O2. The van der Waals surface area contributed by atoms with Crippen LogP contribution in [-0.4, -0.2) is 19.0 Å². The van der Waals surface area contributed by atoms with Gasteiger partial charge in [0, 0.05) is 26.1 Å². The maximum Gasteiger partial charge on any atom is 0.133 e. The van der Waals surface area contributed by atoms with E-state index in [1.807, 2.05) is 0 Å². The molecular weight excluding hydrogens is 200 g/mol. The van der Waals surface area contributed by atoms with Crippen LogP contribution in [0.2, 0.25) is 0 Å². The molecule has 0 bridgehead atoms. The minimum atomic E-state index is 0.457. The Morgan fingerprint density at radius 1 is 1.44 bits per heavy atom. The van der Waals surface area contributed by atoms with Crippen molar-refractivity contribution >= 4 is 5.78 Å². The highest BCUT2D eigenvalue weighted by molar-refractivity contribution is 5.78. The van der Waals surface area contributed by atoms with Gasteiger partial charge in [-0.25, -0.2) is 0 Å². The Kier molecular flexibility index (Phi) is 6.70. The zero-order chi connectivity index (χ0) is 11.8. The van der Waals surface area contributed by atoms with Crippen LogP contribution in [-0.2, 0) is 9.53 Å². The van der Waals surface area contributed by atoms with E-state index in [0.717, 1.165) is 38.9 Å². The molecule has 0 aromatic heterocycles. The van der Waals surface area contributed by atoms with E-state index in [9.17, 15) is 4.79 Å². The van der Waals surface area contributed by atoms with E-state index in [4.69, 9.17) is 4.74 Å². The molecule has 0 N–H and O–H groups in total. The molecule has 2 heteroatoms. The summed E-state index contributed by atoms with van der Waals surface area (Å²) in [5.74, 6) is 1.59. The Bertz CT molecular complexity index is 195. The fourth-order valence-electron chi connectivity index (χ4n) is 2.41. The van der Waals surface area contributed by atoms with Gasteiger partial charge in [-0.15, -0.1) is 0 Å². The molecule has 0 saturated carbocycles. The molecule has 2 atom stereocenters. The Balaban J connectivity index is 2.19. The number of ketones is 1. The smallest absolute Gasteiger partial charge is 0.133 e. The van der Waals surface area contributed by atoms with Crippen molar-refractivity contribution < 1.29 is 9.53 Å². The number of hydrogen-bond donors (Lipinski definition) is 0. The van der Waals surface area contributed by atoms with Gasteiger partial charge in [-0.05, 0) is 18.3 Å². The lowest BCUT2D eigenvalue weighted by molar-refractivity contribution is -0.121. The molecule has 94 valence electrons. The summed E-state index contributed by atoms with van der Waals surface area (Å²) in [4.78, 5) is 11.9. The minimum absolute atomic E-state index is 0.457. The fraction of sp³-hybridized carbons (Fsp3) is 0.929. The monoisotopic (exact) mass is 226 g/mol. The van der Waals surface area contributed by atoms with Crippen molar-refractivity contribution in [3.05, 3.63) is 0 Å². The van der Waals surface area contributed by atoms with Crippen molar-refractivity contribution in [2.75, 3.05) is 13.2 Å². The predicted octanol–water partition coefficient (Wildman–Crippen LogP) is 3.59. The van der Waals surface area contributed by atoms with Crippen molar-refractivity contribution in [3.63, 3.8) is 0 Å². The molecule has 0 amide bonds. The highest BCUT2D eigenvalue weighted by atomic mass is 16.5. The summed E-state index contributed by atoms with van der Waals surface area (Å²) in [6.45, 7) is 6.07. The summed E-state index contributed by atoms with van der Waals surface area (Å²) in [7, 11) is 0. The molecule has 1 aliphatic rings. The van der Waals surface area contributed by atoms with Crippen LogP contribution in [0.25, 0.3) is 0 Å². The first-order valence-electron chi connectivity index (χ1n) is 6.85. The van der Waals surface area contributed by atoms with Gasteiger partial charge in [0.25, 0.3) is 0 Å². The van der Waals surface area contributed by atoms with Crippen molar-refractivity contribution in [2.24, 2.45) is 11.8 Å².